The van der Waals surface area contributed by atoms with Crippen LogP contribution in [0.3, 0.4) is 0 Å². The fourth-order valence-electron chi connectivity index (χ4n) is 3.44. The molecule has 2 rings (SSSR count). The van der Waals surface area contributed by atoms with Crippen molar-refractivity contribution in [3.8, 4) is 0 Å². The summed E-state index contributed by atoms with van der Waals surface area (Å²) in [7, 11) is 0. The van der Waals surface area contributed by atoms with E-state index >= 15 is 0 Å². The Kier molecular flexibility index (Phi) is 7.20. The zero-order valence-electron chi connectivity index (χ0n) is 17.1. The molecule has 152 valence electrons. The Bertz CT molecular complexity index is 833. The summed E-state index contributed by atoms with van der Waals surface area (Å²) >= 11 is 0. The molecule has 2 amide bonds. The number of nitrogens with one attached hydrogen (secondary N) is 2. The average molecular weight is 387 g/mol. The Morgan fingerprint density at radius 1 is 1.11 bits per heavy atom. The van der Waals surface area contributed by atoms with Gasteiger partial charge in [-0.1, -0.05) is 18.2 Å². The molecule has 7 heteroatoms. The van der Waals surface area contributed by atoms with Crippen molar-refractivity contribution in [1.82, 2.24) is 15.2 Å². The van der Waals surface area contributed by atoms with E-state index in [-0.39, 0.29) is 36.9 Å². The number of carbonyl (C=O) groups is 3. The molecular weight excluding hydrogens is 358 g/mol. The lowest BCUT2D eigenvalue weighted by atomic mass is 10.0. The summed E-state index contributed by atoms with van der Waals surface area (Å²) in [4.78, 5) is 41.4. The minimum absolute atomic E-state index is 0.00330. The number of aromatic amines is 1. The minimum Gasteiger partial charge on any atom is -0.454 e. The number of aromatic nitrogens is 1. The van der Waals surface area contributed by atoms with E-state index in [2.05, 4.69) is 10.3 Å². The second kappa shape index (κ2) is 9.39. The van der Waals surface area contributed by atoms with E-state index in [0.29, 0.717) is 0 Å². The third kappa shape index (κ3) is 5.34. The van der Waals surface area contributed by atoms with Crippen LogP contribution >= 0.6 is 0 Å². The van der Waals surface area contributed by atoms with Gasteiger partial charge < -0.3 is 19.9 Å². The summed E-state index contributed by atoms with van der Waals surface area (Å²) in [6.07, 6.45) is 2.09. The average Bonchev–Trinajstić information content (AvgIpc) is 3.01. The summed E-state index contributed by atoms with van der Waals surface area (Å²) in [6, 6.07) is 6.86. The number of H-pyrrole nitrogens is 1. The summed E-state index contributed by atoms with van der Waals surface area (Å²) in [5, 5.41) is 3.61. The van der Waals surface area contributed by atoms with E-state index in [0.717, 1.165) is 16.5 Å². The number of nitrogens with zero attached hydrogens (tertiary/aromatic N) is 1. The smallest absolute Gasteiger partial charge is 0.329 e. The molecule has 0 spiro atoms. The molecule has 7 nitrogen and oxygen atoms in total. The number of para-hydroxylation sites is 1. The first-order valence-electron chi connectivity index (χ1n) is 9.50. The van der Waals surface area contributed by atoms with Gasteiger partial charge >= 0.3 is 5.97 Å². The largest absolute Gasteiger partial charge is 0.454 e. The fraction of sp³-hybridized carbons (Fsp3) is 0.476. The molecule has 1 unspecified atom stereocenters. The first-order valence-corrected chi connectivity index (χ1v) is 9.50. The maximum Gasteiger partial charge on any atom is 0.329 e. The Labute approximate surface area is 165 Å². The standard InChI is InChI=1S/C21H29N3O4/c1-13(2)24(14(3)4)20(26)12-28-21(27)19(23-15(5)25)10-16-11-22-18-9-7-6-8-17(16)18/h6-9,11,13-14,19,22H,10,12H2,1-5H3,(H,23,25). The number of hydrogen-bond donors (Lipinski definition) is 2. The molecule has 0 radical (unpaired) electrons. The van der Waals surface area contributed by atoms with E-state index in [9.17, 15) is 14.4 Å². The summed E-state index contributed by atoms with van der Waals surface area (Å²) in [5.41, 5.74) is 1.84. The molecule has 2 aromatic rings. The molecule has 0 bridgehead atoms. The molecule has 28 heavy (non-hydrogen) atoms. The van der Waals surface area contributed by atoms with Crippen molar-refractivity contribution in [3.63, 3.8) is 0 Å². The predicted octanol–water partition coefficient (Wildman–Crippen LogP) is 2.40. The van der Waals surface area contributed by atoms with Crippen molar-refractivity contribution in [2.75, 3.05) is 6.61 Å². The maximum atomic E-state index is 12.6. The molecule has 0 saturated heterocycles. The van der Waals surface area contributed by atoms with Crippen molar-refractivity contribution in [3.05, 3.63) is 36.0 Å². The highest BCUT2D eigenvalue weighted by Gasteiger charge is 2.26. The van der Waals surface area contributed by atoms with Crippen LogP contribution in [0, 0.1) is 0 Å². The molecule has 2 N–H and O–H groups in total. The number of esters is 1. The molecule has 1 atom stereocenters. The maximum absolute atomic E-state index is 12.6. The molecule has 0 aliphatic heterocycles. The van der Waals surface area contributed by atoms with Crippen LogP contribution in [0.2, 0.25) is 0 Å². The highest BCUT2D eigenvalue weighted by Crippen LogP contribution is 2.19. The van der Waals surface area contributed by atoms with E-state index in [1.165, 1.54) is 6.92 Å². The first kappa shape index (κ1) is 21.5. The quantitative estimate of drug-likeness (QED) is 0.681. The SMILES string of the molecule is CC(=O)NC(Cc1c[nH]c2ccccc12)C(=O)OCC(=O)N(C(C)C)C(C)C. The van der Waals surface area contributed by atoms with Crippen LogP contribution in [-0.4, -0.2) is 52.4 Å². The van der Waals surface area contributed by atoms with Gasteiger partial charge in [-0.25, -0.2) is 4.79 Å². The topological polar surface area (TPSA) is 91.5 Å². The van der Waals surface area contributed by atoms with Crippen molar-refractivity contribution < 1.29 is 19.1 Å². The molecule has 1 aromatic heterocycles. The summed E-state index contributed by atoms with van der Waals surface area (Å²) in [6.45, 7) is 8.65. The Hall–Kier alpha value is -2.83. The van der Waals surface area contributed by atoms with Crippen LogP contribution in [0.4, 0.5) is 0 Å². The van der Waals surface area contributed by atoms with E-state index in [1.807, 2.05) is 58.2 Å². The van der Waals surface area contributed by atoms with Gasteiger partial charge in [0, 0.05) is 42.5 Å². The van der Waals surface area contributed by atoms with Crippen molar-refractivity contribution in [1.29, 1.82) is 0 Å². The minimum atomic E-state index is -0.865. The summed E-state index contributed by atoms with van der Waals surface area (Å²) < 4.78 is 5.25. The van der Waals surface area contributed by atoms with Gasteiger partial charge in [0.2, 0.25) is 5.91 Å². The lowest BCUT2D eigenvalue weighted by molar-refractivity contribution is -0.155. The van der Waals surface area contributed by atoms with Crippen LogP contribution in [0.15, 0.2) is 30.5 Å². The number of rotatable bonds is 8. The lowest BCUT2D eigenvalue weighted by Gasteiger charge is -2.30. The van der Waals surface area contributed by atoms with Gasteiger partial charge in [-0.05, 0) is 39.3 Å². The monoisotopic (exact) mass is 387 g/mol. The zero-order chi connectivity index (χ0) is 20.8. The molecule has 0 aliphatic carbocycles. The summed E-state index contributed by atoms with van der Waals surface area (Å²) in [5.74, 6) is -1.22. The lowest BCUT2D eigenvalue weighted by Crippen LogP contribution is -2.46. The number of hydrogen-bond acceptors (Lipinski definition) is 4. The second-order valence-electron chi connectivity index (χ2n) is 7.41. The molecule has 0 saturated carbocycles. The Balaban J connectivity index is 2.09. The number of amides is 2. The highest BCUT2D eigenvalue weighted by molar-refractivity contribution is 5.88. The van der Waals surface area contributed by atoms with Crippen LogP contribution in [0.1, 0.15) is 40.2 Å². The fourth-order valence-corrected chi connectivity index (χ4v) is 3.44. The van der Waals surface area contributed by atoms with Crippen LogP contribution < -0.4 is 5.32 Å². The molecule has 0 fully saturated rings. The molecule has 0 aliphatic rings. The molecular formula is C21H29N3O4. The van der Waals surface area contributed by atoms with E-state index < -0.39 is 12.0 Å². The zero-order valence-corrected chi connectivity index (χ0v) is 17.1. The third-order valence-electron chi connectivity index (χ3n) is 4.50. The number of fused-ring (bicyclic) bond motifs is 1. The Morgan fingerprint density at radius 3 is 2.36 bits per heavy atom. The second-order valence-corrected chi connectivity index (χ2v) is 7.41. The van der Waals surface area contributed by atoms with Crippen LogP contribution in [0.5, 0.6) is 0 Å². The van der Waals surface area contributed by atoms with E-state index in [1.54, 1.807) is 4.90 Å². The van der Waals surface area contributed by atoms with Crippen molar-refractivity contribution >= 4 is 28.7 Å². The van der Waals surface area contributed by atoms with E-state index in [4.69, 9.17) is 4.74 Å². The number of ether oxygens (including phenoxy) is 1. The van der Waals surface area contributed by atoms with Gasteiger partial charge in [-0.2, -0.15) is 0 Å². The first-order chi connectivity index (χ1) is 13.2. The number of carbonyl (C=O) groups excluding carboxylic acids is 3. The van der Waals surface area contributed by atoms with Gasteiger partial charge in [-0.3, -0.25) is 9.59 Å². The predicted molar refractivity (Wildman–Crippen MR) is 108 cm³/mol. The van der Waals surface area contributed by atoms with Gasteiger partial charge in [0.25, 0.3) is 5.91 Å². The van der Waals surface area contributed by atoms with Crippen molar-refractivity contribution in [2.45, 2.75) is 59.2 Å². The van der Waals surface area contributed by atoms with Gasteiger partial charge in [0.1, 0.15) is 6.04 Å². The number of benzene rings is 1. The van der Waals surface area contributed by atoms with Crippen LogP contribution in [0.25, 0.3) is 10.9 Å². The molecule has 1 heterocycles. The van der Waals surface area contributed by atoms with Gasteiger partial charge in [-0.15, -0.1) is 0 Å². The van der Waals surface area contributed by atoms with Gasteiger partial charge in [0.05, 0.1) is 0 Å². The molecule has 1 aromatic carbocycles. The third-order valence-corrected chi connectivity index (χ3v) is 4.50. The van der Waals surface area contributed by atoms with Crippen molar-refractivity contribution in [2.24, 2.45) is 0 Å². The normalized spacial score (nSPS) is 12.2. The Morgan fingerprint density at radius 2 is 1.75 bits per heavy atom. The highest BCUT2D eigenvalue weighted by atomic mass is 16.5. The van der Waals surface area contributed by atoms with Gasteiger partial charge in [0.15, 0.2) is 6.61 Å². The van der Waals surface area contributed by atoms with Crippen LogP contribution in [-0.2, 0) is 25.5 Å².